The Bertz CT molecular complexity index is 361. The number of thioether (sulfide) groups is 1. The lowest BCUT2D eigenvalue weighted by molar-refractivity contribution is 0.403. The van der Waals surface area contributed by atoms with Gasteiger partial charge in [0.05, 0.1) is 7.11 Å². The first-order chi connectivity index (χ1) is 7.25. The van der Waals surface area contributed by atoms with E-state index in [-0.39, 0.29) is 5.41 Å². The van der Waals surface area contributed by atoms with E-state index in [1.165, 1.54) is 23.3 Å². The normalized spacial score (nSPS) is 17.5. The van der Waals surface area contributed by atoms with Crippen molar-refractivity contribution in [2.24, 2.45) is 5.73 Å². The molecule has 1 aliphatic rings. The molecule has 0 atom stereocenters. The molecule has 0 bridgehead atoms. The van der Waals surface area contributed by atoms with Crippen molar-refractivity contribution in [2.45, 2.75) is 23.2 Å². The van der Waals surface area contributed by atoms with Crippen LogP contribution in [0.1, 0.15) is 18.4 Å². The molecule has 1 saturated carbocycles. The smallest absolute Gasteiger partial charge is 0.122 e. The number of hydrogen-bond donors (Lipinski definition) is 1. The fraction of sp³-hybridized carbons (Fsp3) is 0.500. The van der Waals surface area contributed by atoms with E-state index in [1.807, 2.05) is 0 Å². The molecule has 0 heterocycles. The summed E-state index contributed by atoms with van der Waals surface area (Å²) in [5, 5.41) is 0. The molecule has 0 radical (unpaired) electrons. The SMILES string of the molecule is COc1ccc(SC)cc1C1(CN)CC1. The minimum Gasteiger partial charge on any atom is -0.496 e. The van der Waals surface area contributed by atoms with Crippen LogP contribution in [0.2, 0.25) is 0 Å². The molecule has 82 valence electrons. The van der Waals surface area contributed by atoms with Crippen LogP contribution in [0.5, 0.6) is 5.75 Å². The Hall–Kier alpha value is -0.670. The van der Waals surface area contributed by atoms with Crippen molar-refractivity contribution in [1.29, 1.82) is 0 Å². The standard InChI is InChI=1S/C12H17NOS/c1-14-11-4-3-9(15-2)7-10(11)12(8-13)5-6-12/h3-4,7H,5-6,8,13H2,1-2H3. The van der Waals surface area contributed by atoms with Crippen molar-refractivity contribution < 1.29 is 4.74 Å². The molecule has 2 N–H and O–H groups in total. The third-order valence-electron chi connectivity index (χ3n) is 3.22. The number of ether oxygens (including phenoxy) is 1. The molecule has 3 heteroatoms. The van der Waals surface area contributed by atoms with Crippen molar-refractivity contribution in [3.63, 3.8) is 0 Å². The fourth-order valence-corrected chi connectivity index (χ4v) is 2.40. The maximum absolute atomic E-state index is 5.85. The molecular formula is C12H17NOS. The third-order valence-corrected chi connectivity index (χ3v) is 3.95. The predicted molar refractivity (Wildman–Crippen MR) is 64.7 cm³/mol. The van der Waals surface area contributed by atoms with Crippen LogP contribution >= 0.6 is 11.8 Å². The van der Waals surface area contributed by atoms with Crippen LogP contribution in [-0.4, -0.2) is 19.9 Å². The molecule has 0 unspecified atom stereocenters. The lowest BCUT2D eigenvalue weighted by atomic mass is 9.95. The van der Waals surface area contributed by atoms with Crippen molar-refractivity contribution in [3.8, 4) is 5.75 Å². The zero-order valence-electron chi connectivity index (χ0n) is 9.25. The van der Waals surface area contributed by atoms with Crippen LogP contribution in [0.4, 0.5) is 0 Å². The second-order valence-electron chi connectivity index (χ2n) is 4.05. The van der Waals surface area contributed by atoms with Crippen LogP contribution < -0.4 is 10.5 Å². The highest BCUT2D eigenvalue weighted by molar-refractivity contribution is 7.98. The van der Waals surface area contributed by atoms with Gasteiger partial charge in [-0.1, -0.05) is 0 Å². The molecule has 1 aliphatic carbocycles. The van der Waals surface area contributed by atoms with Crippen molar-refractivity contribution >= 4 is 11.8 Å². The Labute approximate surface area is 95.2 Å². The lowest BCUT2D eigenvalue weighted by Crippen LogP contribution is -2.20. The van der Waals surface area contributed by atoms with Gasteiger partial charge in [-0.2, -0.15) is 0 Å². The molecule has 0 spiro atoms. The Morgan fingerprint density at radius 1 is 1.47 bits per heavy atom. The van der Waals surface area contributed by atoms with Crippen LogP contribution in [0.3, 0.4) is 0 Å². The van der Waals surface area contributed by atoms with Crippen LogP contribution in [-0.2, 0) is 5.41 Å². The van der Waals surface area contributed by atoms with E-state index in [0.717, 1.165) is 12.3 Å². The van der Waals surface area contributed by atoms with Crippen molar-refractivity contribution in [1.82, 2.24) is 0 Å². The predicted octanol–water partition coefficient (Wildman–Crippen LogP) is 2.41. The molecule has 0 saturated heterocycles. The number of hydrogen-bond acceptors (Lipinski definition) is 3. The van der Waals surface area contributed by atoms with Gasteiger partial charge in [-0.25, -0.2) is 0 Å². The molecule has 2 rings (SSSR count). The van der Waals surface area contributed by atoms with E-state index in [9.17, 15) is 0 Å². The molecular weight excluding hydrogens is 206 g/mol. The fourth-order valence-electron chi connectivity index (χ4n) is 1.96. The molecule has 1 fully saturated rings. The zero-order valence-corrected chi connectivity index (χ0v) is 10.1. The number of nitrogens with two attached hydrogens (primary N) is 1. The minimum atomic E-state index is 0.205. The minimum absolute atomic E-state index is 0.205. The second kappa shape index (κ2) is 4.06. The largest absolute Gasteiger partial charge is 0.496 e. The lowest BCUT2D eigenvalue weighted by Gasteiger charge is -2.17. The van der Waals surface area contributed by atoms with Gasteiger partial charge in [-0.15, -0.1) is 11.8 Å². The van der Waals surface area contributed by atoms with Gasteiger partial charge < -0.3 is 10.5 Å². The number of methoxy groups -OCH3 is 1. The first-order valence-electron chi connectivity index (χ1n) is 5.18. The summed E-state index contributed by atoms with van der Waals surface area (Å²) < 4.78 is 5.41. The van der Waals surface area contributed by atoms with E-state index in [0.29, 0.717) is 0 Å². The van der Waals surface area contributed by atoms with Crippen LogP contribution in [0.15, 0.2) is 23.1 Å². The zero-order chi connectivity index (χ0) is 10.9. The van der Waals surface area contributed by atoms with Gasteiger partial charge in [0.1, 0.15) is 5.75 Å². The van der Waals surface area contributed by atoms with Gasteiger partial charge in [0, 0.05) is 22.4 Å². The van der Waals surface area contributed by atoms with E-state index >= 15 is 0 Å². The molecule has 2 nitrogen and oxygen atoms in total. The van der Waals surface area contributed by atoms with Crippen molar-refractivity contribution in [2.75, 3.05) is 19.9 Å². The Morgan fingerprint density at radius 3 is 2.67 bits per heavy atom. The van der Waals surface area contributed by atoms with Gasteiger partial charge in [0.2, 0.25) is 0 Å². The Balaban J connectivity index is 2.42. The van der Waals surface area contributed by atoms with Gasteiger partial charge >= 0.3 is 0 Å². The van der Waals surface area contributed by atoms with Gasteiger partial charge in [-0.05, 0) is 37.3 Å². The molecule has 0 aromatic heterocycles. The summed E-state index contributed by atoms with van der Waals surface area (Å²) in [6.45, 7) is 0.723. The highest BCUT2D eigenvalue weighted by Crippen LogP contribution is 2.51. The highest BCUT2D eigenvalue weighted by Gasteiger charge is 2.44. The van der Waals surface area contributed by atoms with Crippen LogP contribution in [0.25, 0.3) is 0 Å². The maximum Gasteiger partial charge on any atom is 0.122 e. The molecule has 0 amide bonds. The van der Waals surface area contributed by atoms with Gasteiger partial charge in [0.15, 0.2) is 0 Å². The van der Waals surface area contributed by atoms with Gasteiger partial charge in [0.25, 0.3) is 0 Å². The first-order valence-corrected chi connectivity index (χ1v) is 6.41. The molecule has 0 aliphatic heterocycles. The quantitative estimate of drug-likeness (QED) is 0.796. The monoisotopic (exact) mass is 223 g/mol. The summed E-state index contributed by atoms with van der Waals surface area (Å²) in [4.78, 5) is 1.28. The van der Waals surface area contributed by atoms with E-state index in [2.05, 4.69) is 24.5 Å². The maximum atomic E-state index is 5.85. The first kappa shape index (κ1) is 10.8. The summed E-state index contributed by atoms with van der Waals surface area (Å²) in [6, 6.07) is 6.37. The summed E-state index contributed by atoms with van der Waals surface area (Å²) in [5.41, 5.74) is 7.35. The molecule has 1 aromatic carbocycles. The van der Waals surface area contributed by atoms with Crippen molar-refractivity contribution in [3.05, 3.63) is 23.8 Å². The van der Waals surface area contributed by atoms with Gasteiger partial charge in [-0.3, -0.25) is 0 Å². The third kappa shape index (κ3) is 1.86. The topological polar surface area (TPSA) is 35.2 Å². The highest BCUT2D eigenvalue weighted by atomic mass is 32.2. The average molecular weight is 223 g/mol. The summed E-state index contributed by atoms with van der Waals surface area (Å²) in [5.74, 6) is 0.982. The second-order valence-corrected chi connectivity index (χ2v) is 4.93. The van der Waals surface area contributed by atoms with E-state index in [1.54, 1.807) is 18.9 Å². The summed E-state index contributed by atoms with van der Waals surface area (Å²) in [6.07, 6.45) is 4.48. The van der Waals surface area contributed by atoms with E-state index < -0.39 is 0 Å². The summed E-state index contributed by atoms with van der Waals surface area (Å²) >= 11 is 1.76. The number of benzene rings is 1. The van der Waals surface area contributed by atoms with Crippen LogP contribution in [0, 0.1) is 0 Å². The molecule has 1 aromatic rings. The molecule has 15 heavy (non-hydrogen) atoms. The Kier molecular flexibility index (Phi) is 2.94. The number of rotatable bonds is 4. The average Bonchev–Trinajstić information content (AvgIpc) is 3.09. The Morgan fingerprint density at radius 2 is 2.20 bits per heavy atom. The van der Waals surface area contributed by atoms with E-state index in [4.69, 9.17) is 10.5 Å². The summed E-state index contributed by atoms with van der Waals surface area (Å²) in [7, 11) is 1.73.